The molecule has 5 aromatic rings. The summed E-state index contributed by atoms with van der Waals surface area (Å²) in [6, 6.07) is 15.7. The van der Waals surface area contributed by atoms with E-state index in [1.807, 2.05) is 43.3 Å². The number of benzene rings is 2. The molecule has 3 fully saturated rings. The normalized spacial score (nSPS) is 18.0. The van der Waals surface area contributed by atoms with E-state index in [1.54, 1.807) is 21.8 Å². The zero-order chi connectivity index (χ0) is 49.6. The number of ether oxygens (including phenoxy) is 2. The molecule has 5 amide bonds. The second kappa shape index (κ2) is 21.2. The summed E-state index contributed by atoms with van der Waals surface area (Å²) in [6.45, 7) is 7.89. The average Bonchev–Trinajstić information content (AvgIpc) is 3.94. The Balaban J connectivity index is 0.734. The van der Waals surface area contributed by atoms with Crippen molar-refractivity contribution in [3.63, 3.8) is 0 Å². The van der Waals surface area contributed by atoms with E-state index in [0.29, 0.717) is 80.3 Å². The number of piperidine rings is 2. The third-order valence-corrected chi connectivity index (χ3v) is 13.8. The molecule has 71 heavy (non-hydrogen) atoms. The molecule has 9 rings (SSSR count). The first kappa shape index (κ1) is 48.5. The van der Waals surface area contributed by atoms with Gasteiger partial charge in [-0.25, -0.2) is 18.3 Å². The van der Waals surface area contributed by atoms with Gasteiger partial charge in [-0.3, -0.25) is 34.2 Å². The molecule has 3 aromatic heterocycles. The first-order valence-corrected chi connectivity index (χ1v) is 24.0. The summed E-state index contributed by atoms with van der Waals surface area (Å²) < 4.78 is 42.2. The zero-order valence-corrected chi connectivity index (χ0v) is 39.4. The van der Waals surface area contributed by atoms with Crippen LogP contribution in [0.15, 0.2) is 73.2 Å². The minimum atomic E-state index is -1.00. The number of aromatic nitrogens is 3. The molecule has 1 unspecified atom stereocenters. The number of piperazine rings is 1. The van der Waals surface area contributed by atoms with Crippen LogP contribution in [0.4, 0.5) is 20.3 Å². The van der Waals surface area contributed by atoms with E-state index in [2.05, 4.69) is 41.8 Å². The van der Waals surface area contributed by atoms with Crippen molar-refractivity contribution >= 4 is 46.6 Å². The van der Waals surface area contributed by atoms with Gasteiger partial charge in [0.25, 0.3) is 11.8 Å². The third-order valence-electron chi connectivity index (χ3n) is 13.8. The minimum absolute atomic E-state index is 0.0432. The fourth-order valence-corrected chi connectivity index (χ4v) is 9.89. The van der Waals surface area contributed by atoms with Gasteiger partial charge in [0.1, 0.15) is 41.9 Å². The van der Waals surface area contributed by atoms with Crippen LogP contribution in [0.3, 0.4) is 0 Å². The summed E-state index contributed by atoms with van der Waals surface area (Å²) in [5, 5.41) is 22.3. The van der Waals surface area contributed by atoms with Crippen LogP contribution in [-0.4, -0.2) is 138 Å². The smallest absolute Gasteiger partial charge is 0.255 e. The number of unbranched alkanes of at least 4 members (excludes halogenated alkanes) is 1. The van der Waals surface area contributed by atoms with Gasteiger partial charge in [0, 0.05) is 87.4 Å². The second-order valence-electron chi connectivity index (χ2n) is 18.4. The molecule has 20 heteroatoms. The van der Waals surface area contributed by atoms with Crippen LogP contribution >= 0.6 is 0 Å². The largest absolute Gasteiger partial charge is 0.492 e. The maximum absolute atomic E-state index is 14.8. The van der Waals surface area contributed by atoms with E-state index in [4.69, 9.17) is 14.5 Å². The van der Waals surface area contributed by atoms with E-state index in [9.17, 15) is 38.0 Å². The molecule has 370 valence electrons. The molecule has 0 radical (unpaired) electrons. The minimum Gasteiger partial charge on any atom is -0.492 e. The van der Waals surface area contributed by atoms with Crippen LogP contribution in [0.2, 0.25) is 0 Å². The number of anilines is 2. The molecular formula is C51H55F2N11O7. The SMILES string of the molecule is CCOc1cc(-c2ccc(N3CCC(COCC(=O)NCCCCN4CCN(c5ccc6c(c5)CN(C5CCC(=O)NC5=O)C6=O)CC4)(NC(=O)c4cc(F)ccc4F)CC3)nc2)c2c(C#N)cnn2c1. The Morgan fingerprint density at radius 3 is 2.51 bits per heavy atom. The van der Waals surface area contributed by atoms with E-state index < -0.39 is 40.6 Å². The molecule has 3 N–H and O–H groups in total. The Hall–Kier alpha value is -7.50. The molecule has 4 aliphatic rings. The molecule has 7 heterocycles. The van der Waals surface area contributed by atoms with Crippen LogP contribution in [0.5, 0.6) is 5.75 Å². The number of nitriles is 1. The lowest BCUT2D eigenvalue weighted by molar-refractivity contribution is -0.137. The highest BCUT2D eigenvalue weighted by molar-refractivity contribution is 6.05. The number of rotatable bonds is 17. The van der Waals surface area contributed by atoms with Crippen molar-refractivity contribution in [2.45, 2.75) is 63.6 Å². The van der Waals surface area contributed by atoms with Crippen LogP contribution in [0, 0.1) is 23.0 Å². The van der Waals surface area contributed by atoms with Gasteiger partial charge < -0.3 is 34.8 Å². The number of nitrogens with zero attached hydrogens (tertiary/aromatic N) is 8. The van der Waals surface area contributed by atoms with Gasteiger partial charge in [-0.15, -0.1) is 0 Å². The molecule has 0 saturated carbocycles. The molecule has 0 aliphatic carbocycles. The first-order valence-electron chi connectivity index (χ1n) is 24.0. The molecule has 1 atom stereocenters. The van der Waals surface area contributed by atoms with E-state index in [-0.39, 0.29) is 37.4 Å². The van der Waals surface area contributed by atoms with E-state index in [1.165, 1.54) is 6.20 Å². The lowest BCUT2D eigenvalue weighted by atomic mass is 9.87. The molecule has 0 bridgehead atoms. The maximum Gasteiger partial charge on any atom is 0.255 e. The molecule has 0 spiro atoms. The second-order valence-corrected chi connectivity index (χ2v) is 18.4. The number of hydrogen-bond acceptors (Lipinski definition) is 13. The molecule has 18 nitrogen and oxygen atoms in total. The number of nitrogens with one attached hydrogen (secondary N) is 3. The highest BCUT2D eigenvalue weighted by Crippen LogP contribution is 2.34. The van der Waals surface area contributed by atoms with Gasteiger partial charge in [-0.1, -0.05) is 0 Å². The van der Waals surface area contributed by atoms with Crippen LogP contribution in [0.25, 0.3) is 16.6 Å². The fourth-order valence-electron chi connectivity index (χ4n) is 9.89. The van der Waals surface area contributed by atoms with Gasteiger partial charge in [-0.05, 0) is 106 Å². The van der Waals surface area contributed by atoms with Gasteiger partial charge in [0.15, 0.2) is 0 Å². The van der Waals surface area contributed by atoms with Crippen molar-refractivity contribution in [1.82, 2.24) is 40.3 Å². The lowest BCUT2D eigenvalue weighted by Gasteiger charge is -2.42. The number of imide groups is 1. The summed E-state index contributed by atoms with van der Waals surface area (Å²) in [5.41, 5.74) is 3.61. The summed E-state index contributed by atoms with van der Waals surface area (Å²) in [7, 11) is 0. The van der Waals surface area contributed by atoms with Crippen molar-refractivity contribution in [3.05, 3.63) is 107 Å². The fraction of sp³-hybridized carbons (Fsp3) is 0.412. The third kappa shape index (κ3) is 10.8. The number of carbonyl (C=O) groups excluding carboxylic acids is 5. The predicted octanol–water partition coefficient (Wildman–Crippen LogP) is 4.21. The number of hydrogen-bond donors (Lipinski definition) is 3. The van der Waals surface area contributed by atoms with E-state index in [0.717, 1.165) is 86.1 Å². The van der Waals surface area contributed by atoms with Gasteiger partial charge in [0.2, 0.25) is 17.7 Å². The maximum atomic E-state index is 14.8. The van der Waals surface area contributed by atoms with Crippen molar-refractivity contribution in [2.75, 3.05) is 82.0 Å². The Labute approximate surface area is 408 Å². The lowest BCUT2D eigenvalue weighted by Crippen LogP contribution is -2.58. The van der Waals surface area contributed by atoms with Crippen LogP contribution < -0.4 is 30.5 Å². The van der Waals surface area contributed by atoms with Crippen molar-refractivity contribution < 1.29 is 42.2 Å². The first-order chi connectivity index (χ1) is 34.4. The average molecular weight is 972 g/mol. The van der Waals surface area contributed by atoms with Gasteiger partial charge in [0.05, 0.1) is 47.8 Å². The van der Waals surface area contributed by atoms with Crippen LogP contribution in [-0.2, 0) is 25.7 Å². The summed E-state index contributed by atoms with van der Waals surface area (Å²) in [5.74, 6) is -2.35. The summed E-state index contributed by atoms with van der Waals surface area (Å²) >= 11 is 0. The highest BCUT2D eigenvalue weighted by atomic mass is 19.1. The predicted molar refractivity (Wildman–Crippen MR) is 257 cm³/mol. The van der Waals surface area contributed by atoms with Gasteiger partial charge >= 0.3 is 0 Å². The number of halogens is 2. The number of pyridine rings is 2. The highest BCUT2D eigenvalue weighted by Gasteiger charge is 2.40. The molecule has 4 aliphatic heterocycles. The van der Waals surface area contributed by atoms with Crippen LogP contribution in [0.1, 0.15) is 77.3 Å². The quantitative estimate of drug-likeness (QED) is 0.0884. The van der Waals surface area contributed by atoms with Gasteiger partial charge in [-0.2, -0.15) is 10.4 Å². The standard InChI is InChI=1S/C51H55F2N11O7/c1-2-71-38-25-40(47-35(26-54)28-57-64(47)30-38)33-5-11-44(56-27-33)62-17-13-51(14-18-62,59-48(67)41-24-36(52)6-9-42(41)53)32-70-31-46(66)55-15-3-4-16-60-19-21-61(22-20-60)37-7-8-39-34(23-37)29-63(50(39)69)43-10-12-45(65)58-49(43)68/h5-9,11,23-25,27-28,30,43H,2-4,10,12-22,29,31-32H2,1H3,(H,55,66)(H,59,67)(H,58,65,68). The van der Waals surface area contributed by atoms with Crippen molar-refractivity contribution in [1.29, 1.82) is 5.26 Å². The Bertz CT molecular complexity index is 2870. The molecule has 2 aromatic carbocycles. The summed E-state index contributed by atoms with van der Waals surface area (Å²) in [4.78, 5) is 76.7. The van der Waals surface area contributed by atoms with Crippen molar-refractivity contribution in [2.24, 2.45) is 0 Å². The van der Waals surface area contributed by atoms with Crippen molar-refractivity contribution in [3.8, 4) is 22.9 Å². The Kier molecular flexibility index (Phi) is 14.5. The van der Waals surface area contributed by atoms with E-state index >= 15 is 0 Å². The monoisotopic (exact) mass is 971 g/mol. The molecular weight excluding hydrogens is 917 g/mol. The Morgan fingerprint density at radius 1 is 0.944 bits per heavy atom. The Morgan fingerprint density at radius 2 is 1.76 bits per heavy atom. The number of amides is 5. The number of fused-ring (bicyclic) bond motifs is 2. The number of carbonyl (C=O) groups is 5. The topological polar surface area (TPSA) is 207 Å². The molecule has 3 saturated heterocycles. The zero-order valence-electron chi connectivity index (χ0n) is 39.4. The summed E-state index contributed by atoms with van der Waals surface area (Å²) in [6.07, 6.45) is 7.83.